The highest BCUT2D eigenvalue weighted by Gasteiger charge is 2.10. The minimum atomic E-state index is -0.379. The van der Waals surface area contributed by atoms with Gasteiger partial charge in [0.15, 0.2) is 0 Å². The van der Waals surface area contributed by atoms with Crippen molar-refractivity contribution < 1.29 is 9.53 Å². The highest BCUT2D eigenvalue weighted by Crippen LogP contribution is 2.15. The Labute approximate surface area is 126 Å². The van der Waals surface area contributed by atoms with Crippen LogP contribution in [0, 0.1) is 0 Å². The van der Waals surface area contributed by atoms with Gasteiger partial charge < -0.3 is 15.0 Å². The number of likely N-dealkylation sites (N-methyl/N-ethyl adjacent to an activating group) is 1. The maximum Gasteiger partial charge on any atom is 0.325 e. The number of carbonyl (C=O) groups is 1. The highest BCUT2D eigenvalue weighted by molar-refractivity contribution is 9.10. The fraction of sp³-hybridized carbons (Fsp3) is 0.583. The molecule has 0 saturated heterocycles. The minimum Gasteiger partial charge on any atom is -0.465 e. The van der Waals surface area contributed by atoms with Gasteiger partial charge in [-0.1, -0.05) is 0 Å². The van der Waals surface area contributed by atoms with Crippen molar-refractivity contribution in [3.63, 3.8) is 0 Å². The van der Waals surface area contributed by atoms with Gasteiger partial charge in [0, 0.05) is 6.54 Å². The summed E-state index contributed by atoms with van der Waals surface area (Å²) in [5.74, 6) is -0.379. The van der Waals surface area contributed by atoms with E-state index in [9.17, 15) is 9.59 Å². The van der Waals surface area contributed by atoms with Crippen LogP contribution in [0.3, 0.4) is 0 Å². The van der Waals surface area contributed by atoms with Crippen LogP contribution < -0.4 is 10.9 Å². The second kappa shape index (κ2) is 8.01. The lowest BCUT2D eigenvalue weighted by molar-refractivity contribution is -0.140. The first-order valence-electron chi connectivity index (χ1n) is 6.25. The quantitative estimate of drug-likeness (QED) is 0.726. The number of esters is 1. The molecule has 7 nitrogen and oxygen atoms in total. The first-order chi connectivity index (χ1) is 9.45. The van der Waals surface area contributed by atoms with E-state index in [2.05, 4.69) is 26.3 Å². The van der Waals surface area contributed by atoms with E-state index in [1.165, 1.54) is 10.9 Å². The first-order valence-corrected chi connectivity index (χ1v) is 7.04. The highest BCUT2D eigenvalue weighted by atomic mass is 79.9. The lowest BCUT2D eigenvalue weighted by atomic mass is 10.4. The number of hydrogen-bond donors (Lipinski definition) is 1. The van der Waals surface area contributed by atoms with Crippen LogP contribution in [-0.2, 0) is 16.1 Å². The summed E-state index contributed by atoms with van der Waals surface area (Å²) in [4.78, 5) is 25.3. The van der Waals surface area contributed by atoms with Gasteiger partial charge >= 0.3 is 5.97 Å². The van der Waals surface area contributed by atoms with E-state index < -0.39 is 0 Å². The molecule has 20 heavy (non-hydrogen) atoms. The lowest BCUT2D eigenvalue weighted by Crippen LogP contribution is -2.29. The molecule has 1 heterocycles. The van der Waals surface area contributed by atoms with E-state index in [4.69, 9.17) is 4.74 Å². The van der Waals surface area contributed by atoms with Gasteiger partial charge in [0.2, 0.25) is 0 Å². The maximum absolute atomic E-state index is 12.1. The van der Waals surface area contributed by atoms with Crippen molar-refractivity contribution in [3.8, 4) is 0 Å². The van der Waals surface area contributed by atoms with Gasteiger partial charge in [0.05, 0.1) is 25.0 Å². The summed E-state index contributed by atoms with van der Waals surface area (Å²) >= 11 is 3.23. The molecule has 0 saturated carbocycles. The number of hydrogen-bond acceptors (Lipinski definition) is 6. The third kappa shape index (κ3) is 4.93. The largest absolute Gasteiger partial charge is 0.465 e. The minimum absolute atomic E-state index is 0.00469. The Bertz CT molecular complexity index is 516. The molecule has 0 radical (unpaired) electrons. The predicted molar refractivity (Wildman–Crippen MR) is 79.9 cm³/mol. The Kier molecular flexibility index (Phi) is 6.66. The summed E-state index contributed by atoms with van der Waals surface area (Å²) in [6.07, 6.45) is 1.51. The zero-order valence-corrected chi connectivity index (χ0v) is 13.4. The second-order valence-electron chi connectivity index (χ2n) is 4.36. The van der Waals surface area contributed by atoms with Crippen LogP contribution in [0.5, 0.6) is 0 Å². The van der Waals surface area contributed by atoms with E-state index in [0.717, 1.165) is 6.54 Å². The summed E-state index contributed by atoms with van der Waals surface area (Å²) in [6.45, 7) is 3.28. The summed E-state index contributed by atoms with van der Waals surface area (Å²) in [5, 5.41) is 6.89. The Morgan fingerprint density at radius 2 is 2.25 bits per heavy atom. The van der Waals surface area contributed by atoms with Crippen LogP contribution in [0.2, 0.25) is 0 Å². The molecule has 0 unspecified atom stereocenters. The van der Waals surface area contributed by atoms with E-state index in [0.29, 0.717) is 23.3 Å². The van der Waals surface area contributed by atoms with Crippen molar-refractivity contribution in [1.82, 2.24) is 14.7 Å². The SMILES string of the molecule is CCOC(=O)CNc1cnn(CCN(C)C)c(=O)c1Br. The molecule has 8 heteroatoms. The van der Waals surface area contributed by atoms with Crippen LogP contribution >= 0.6 is 15.9 Å². The van der Waals surface area contributed by atoms with Crippen molar-refractivity contribution in [2.75, 3.05) is 39.1 Å². The Hall–Kier alpha value is -1.41. The van der Waals surface area contributed by atoms with Gasteiger partial charge in [-0.2, -0.15) is 5.10 Å². The van der Waals surface area contributed by atoms with Crippen molar-refractivity contribution in [2.24, 2.45) is 0 Å². The van der Waals surface area contributed by atoms with E-state index in [1.807, 2.05) is 19.0 Å². The van der Waals surface area contributed by atoms with Crippen molar-refractivity contribution >= 4 is 27.6 Å². The van der Waals surface area contributed by atoms with Gasteiger partial charge in [-0.15, -0.1) is 0 Å². The zero-order valence-electron chi connectivity index (χ0n) is 11.9. The molecule has 0 spiro atoms. The third-order valence-corrected chi connectivity index (χ3v) is 3.24. The van der Waals surface area contributed by atoms with Gasteiger partial charge in [-0.05, 0) is 36.9 Å². The normalized spacial score (nSPS) is 10.7. The van der Waals surface area contributed by atoms with Gasteiger partial charge in [-0.25, -0.2) is 4.68 Å². The topological polar surface area (TPSA) is 76.5 Å². The standard InChI is InChI=1S/C12H19BrN4O3/c1-4-20-10(18)8-14-9-7-15-17(6-5-16(2)3)12(19)11(9)13/h7,14H,4-6,8H2,1-3H3. The molecule has 112 valence electrons. The van der Waals surface area contributed by atoms with Gasteiger partial charge in [0.25, 0.3) is 5.56 Å². The van der Waals surface area contributed by atoms with Crippen molar-refractivity contribution in [2.45, 2.75) is 13.5 Å². The fourth-order valence-electron chi connectivity index (χ4n) is 1.42. The molecule has 0 atom stereocenters. The molecule has 0 bridgehead atoms. The zero-order chi connectivity index (χ0) is 15.1. The number of halogens is 1. The van der Waals surface area contributed by atoms with E-state index >= 15 is 0 Å². The average molecular weight is 347 g/mol. The lowest BCUT2D eigenvalue weighted by Gasteiger charge is -2.12. The van der Waals surface area contributed by atoms with Crippen molar-refractivity contribution in [3.05, 3.63) is 21.0 Å². The maximum atomic E-state index is 12.1. The van der Waals surface area contributed by atoms with Crippen LogP contribution in [0.25, 0.3) is 0 Å². The molecular weight excluding hydrogens is 328 g/mol. The number of carbonyl (C=O) groups excluding carboxylic acids is 1. The average Bonchev–Trinajstić information content (AvgIpc) is 2.39. The molecule has 1 aromatic rings. The Morgan fingerprint density at radius 1 is 1.55 bits per heavy atom. The second-order valence-corrected chi connectivity index (χ2v) is 5.16. The van der Waals surface area contributed by atoms with Crippen LogP contribution in [0.1, 0.15) is 6.92 Å². The third-order valence-electron chi connectivity index (χ3n) is 2.47. The number of ether oxygens (including phenoxy) is 1. The molecule has 0 aliphatic rings. The molecule has 0 aromatic carbocycles. The summed E-state index contributed by atoms with van der Waals surface area (Å²) < 4.78 is 6.53. The first kappa shape index (κ1) is 16.6. The summed E-state index contributed by atoms with van der Waals surface area (Å²) in [7, 11) is 3.85. The Balaban J connectivity index is 2.73. The van der Waals surface area contributed by atoms with Crippen LogP contribution in [0.4, 0.5) is 5.69 Å². The number of nitrogens with one attached hydrogen (secondary N) is 1. The van der Waals surface area contributed by atoms with Crippen molar-refractivity contribution in [1.29, 1.82) is 0 Å². The molecule has 1 aromatic heterocycles. The smallest absolute Gasteiger partial charge is 0.325 e. The van der Waals surface area contributed by atoms with Gasteiger partial charge in [0.1, 0.15) is 11.0 Å². The van der Waals surface area contributed by atoms with Crippen LogP contribution in [0.15, 0.2) is 15.5 Å². The molecule has 0 aliphatic heterocycles. The summed E-state index contributed by atoms with van der Waals surface area (Å²) in [6, 6.07) is 0. The van der Waals surface area contributed by atoms with E-state index in [-0.39, 0.29) is 18.1 Å². The predicted octanol–water partition coefficient (Wildman–Crippen LogP) is 0.542. The molecule has 0 amide bonds. The Morgan fingerprint density at radius 3 is 2.85 bits per heavy atom. The fourth-order valence-corrected chi connectivity index (χ4v) is 1.87. The van der Waals surface area contributed by atoms with E-state index in [1.54, 1.807) is 6.92 Å². The molecular formula is C12H19BrN4O3. The van der Waals surface area contributed by atoms with Crippen LogP contribution in [-0.4, -0.2) is 54.4 Å². The van der Waals surface area contributed by atoms with Gasteiger partial charge in [-0.3, -0.25) is 9.59 Å². The monoisotopic (exact) mass is 346 g/mol. The molecule has 1 rings (SSSR count). The number of nitrogens with zero attached hydrogens (tertiary/aromatic N) is 3. The number of rotatable bonds is 7. The number of anilines is 1. The summed E-state index contributed by atoms with van der Waals surface area (Å²) in [5.41, 5.74) is 0.241. The molecule has 1 N–H and O–H groups in total. The number of aromatic nitrogens is 2. The molecule has 0 aliphatic carbocycles. The molecule has 0 fully saturated rings.